The Morgan fingerprint density at radius 1 is 0.960 bits per heavy atom. The second kappa shape index (κ2) is 7.49. The van der Waals surface area contributed by atoms with Crippen LogP contribution < -0.4 is 19.9 Å². The summed E-state index contributed by atoms with van der Waals surface area (Å²) < 4.78 is 16.2. The number of ether oxygens (including phenoxy) is 3. The SMILES string of the molecule is COc1cc(C[C@H](N)Cc2c[nH]c3ccccc23)cc(OC)c1OC. The highest BCUT2D eigenvalue weighted by molar-refractivity contribution is 5.83. The Bertz CT molecular complexity index is 832. The fourth-order valence-electron chi connectivity index (χ4n) is 3.21. The third kappa shape index (κ3) is 3.56. The van der Waals surface area contributed by atoms with Gasteiger partial charge in [0.25, 0.3) is 0 Å². The molecule has 0 spiro atoms. The summed E-state index contributed by atoms with van der Waals surface area (Å²) in [6.45, 7) is 0. The molecule has 2 aromatic carbocycles. The van der Waals surface area contributed by atoms with E-state index in [9.17, 15) is 0 Å². The standard InChI is InChI=1S/C20H24N2O3/c1-23-18-9-13(10-19(24-2)20(18)25-3)8-15(21)11-14-12-22-17-7-5-4-6-16(14)17/h4-7,9-10,12,15,22H,8,11,21H2,1-3H3/t15-/m0/s1. The van der Waals surface area contributed by atoms with Crippen molar-refractivity contribution in [1.29, 1.82) is 0 Å². The summed E-state index contributed by atoms with van der Waals surface area (Å²) in [5.74, 6) is 1.89. The van der Waals surface area contributed by atoms with Crippen LogP contribution in [0.25, 0.3) is 10.9 Å². The van der Waals surface area contributed by atoms with Crippen LogP contribution in [-0.2, 0) is 12.8 Å². The molecule has 1 aromatic heterocycles. The Labute approximate surface area is 147 Å². The number of para-hydroxylation sites is 1. The molecule has 1 heterocycles. The molecule has 0 saturated heterocycles. The number of benzene rings is 2. The summed E-state index contributed by atoms with van der Waals surface area (Å²) in [7, 11) is 4.84. The summed E-state index contributed by atoms with van der Waals surface area (Å²) >= 11 is 0. The zero-order valence-electron chi connectivity index (χ0n) is 14.8. The Balaban J connectivity index is 1.79. The first-order valence-corrected chi connectivity index (χ1v) is 8.25. The van der Waals surface area contributed by atoms with Crippen LogP contribution in [0.5, 0.6) is 17.2 Å². The molecule has 0 saturated carbocycles. The van der Waals surface area contributed by atoms with E-state index in [0.29, 0.717) is 17.2 Å². The van der Waals surface area contributed by atoms with E-state index in [4.69, 9.17) is 19.9 Å². The monoisotopic (exact) mass is 340 g/mol. The van der Waals surface area contributed by atoms with Gasteiger partial charge < -0.3 is 24.9 Å². The molecule has 3 N–H and O–H groups in total. The van der Waals surface area contributed by atoms with Crippen molar-refractivity contribution in [2.45, 2.75) is 18.9 Å². The fraction of sp³-hybridized carbons (Fsp3) is 0.300. The quantitative estimate of drug-likeness (QED) is 0.692. The highest BCUT2D eigenvalue weighted by atomic mass is 16.5. The number of fused-ring (bicyclic) bond motifs is 1. The van der Waals surface area contributed by atoms with E-state index in [1.165, 1.54) is 10.9 Å². The van der Waals surface area contributed by atoms with Gasteiger partial charge in [-0.25, -0.2) is 0 Å². The van der Waals surface area contributed by atoms with Gasteiger partial charge in [-0.05, 0) is 42.2 Å². The normalized spacial score (nSPS) is 12.2. The number of methoxy groups -OCH3 is 3. The number of rotatable bonds is 7. The molecule has 0 unspecified atom stereocenters. The van der Waals surface area contributed by atoms with E-state index in [1.54, 1.807) is 21.3 Å². The van der Waals surface area contributed by atoms with Gasteiger partial charge >= 0.3 is 0 Å². The highest BCUT2D eigenvalue weighted by Crippen LogP contribution is 2.38. The molecule has 0 aliphatic carbocycles. The molecule has 5 heteroatoms. The topological polar surface area (TPSA) is 69.5 Å². The van der Waals surface area contributed by atoms with Crippen molar-refractivity contribution in [3.05, 3.63) is 53.7 Å². The predicted octanol–water partition coefficient (Wildman–Crippen LogP) is 3.31. The number of nitrogens with two attached hydrogens (primary N) is 1. The van der Waals surface area contributed by atoms with Crippen LogP contribution in [0.15, 0.2) is 42.6 Å². The van der Waals surface area contributed by atoms with E-state index in [1.807, 2.05) is 30.5 Å². The average Bonchev–Trinajstić information content (AvgIpc) is 3.03. The second-order valence-electron chi connectivity index (χ2n) is 6.06. The molecular weight excluding hydrogens is 316 g/mol. The lowest BCUT2D eigenvalue weighted by Gasteiger charge is -2.16. The predicted molar refractivity (Wildman–Crippen MR) is 99.8 cm³/mol. The third-order valence-electron chi connectivity index (χ3n) is 4.38. The van der Waals surface area contributed by atoms with Gasteiger partial charge in [-0.1, -0.05) is 18.2 Å². The van der Waals surface area contributed by atoms with Gasteiger partial charge in [0, 0.05) is 23.1 Å². The number of hydrogen-bond acceptors (Lipinski definition) is 4. The molecule has 132 valence electrons. The Morgan fingerprint density at radius 3 is 2.28 bits per heavy atom. The molecular formula is C20H24N2O3. The number of nitrogens with one attached hydrogen (secondary N) is 1. The van der Waals surface area contributed by atoms with Gasteiger partial charge in [0.05, 0.1) is 21.3 Å². The number of H-pyrrole nitrogens is 1. The van der Waals surface area contributed by atoms with Crippen LogP contribution >= 0.6 is 0 Å². The van der Waals surface area contributed by atoms with Crippen LogP contribution in [0.3, 0.4) is 0 Å². The minimum absolute atomic E-state index is 0.0120. The maximum absolute atomic E-state index is 6.41. The molecule has 0 amide bonds. The molecule has 0 radical (unpaired) electrons. The van der Waals surface area contributed by atoms with E-state index in [2.05, 4.69) is 17.1 Å². The largest absolute Gasteiger partial charge is 0.493 e. The molecule has 5 nitrogen and oxygen atoms in total. The lowest BCUT2D eigenvalue weighted by Crippen LogP contribution is -2.25. The van der Waals surface area contributed by atoms with E-state index < -0.39 is 0 Å². The maximum atomic E-state index is 6.41. The Morgan fingerprint density at radius 2 is 1.64 bits per heavy atom. The van der Waals surface area contributed by atoms with Crippen molar-refractivity contribution >= 4 is 10.9 Å². The molecule has 0 aliphatic heterocycles. The first kappa shape index (κ1) is 17.2. The van der Waals surface area contributed by atoms with Gasteiger partial charge in [-0.3, -0.25) is 0 Å². The second-order valence-corrected chi connectivity index (χ2v) is 6.06. The lowest BCUT2D eigenvalue weighted by atomic mass is 9.99. The minimum atomic E-state index is -0.0120. The van der Waals surface area contributed by atoms with Gasteiger partial charge in [0.1, 0.15) is 0 Å². The first-order valence-electron chi connectivity index (χ1n) is 8.25. The zero-order valence-corrected chi connectivity index (χ0v) is 14.8. The molecule has 3 rings (SSSR count). The van der Waals surface area contributed by atoms with Crippen molar-refractivity contribution < 1.29 is 14.2 Å². The Hall–Kier alpha value is -2.66. The summed E-state index contributed by atoms with van der Waals surface area (Å²) in [6.07, 6.45) is 3.55. The van der Waals surface area contributed by atoms with Crippen LogP contribution in [-0.4, -0.2) is 32.4 Å². The maximum Gasteiger partial charge on any atom is 0.203 e. The molecule has 1 atom stereocenters. The van der Waals surface area contributed by atoms with Crippen molar-refractivity contribution in [3.8, 4) is 17.2 Å². The highest BCUT2D eigenvalue weighted by Gasteiger charge is 2.15. The summed E-state index contributed by atoms with van der Waals surface area (Å²) in [5, 5.41) is 1.22. The minimum Gasteiger partial charge on any atom is -0.493 e. The van der Waals surface area contributed by atoms with E-state index in [-0.39, 0.29) is 6.04 Å². The van der Waals surface area contributed by atoms with Crippen LogP contribution in [0, 0.1) is 0 Å². The molecule has 3 aromatic rings. The smallest absolute Gasteiger partial charge is 0.203 e. The van der Waals surface area contributed by atoms with Crippen LogP contribution in [0.2, 0.25) is 0 Å². The van der Waals surface area contributed by atoms with Gasteiger partial charge in [-0.2, -0.15) is 0 Å². The molecule has 0 aliphatic rings. The van der Waals surface area contributed by atoms with Crippen LogP contribution in [0.1, 0.15) is 11.1 Å². The Kier molecular flexibility index (Phi) is 5.14. The van der Waals surface area contributed by atoms with Gasteiger partial charge in [0.15, 0.2) is 11.5 Å². The fourth-order valence-corrected chi connectivity index (χ4v) is 3.21. The average molecular weight is 340 g/mol. The molecule has 25 heavy (non-hydrogen) atoms. The third-order valence-corrected chi connectivity index (χ3v) is 4.38. The number of aromatic amines is 1. The van der Waals surface area contributed by atoms with Crippen molar-refractivity contribution in [2.24, 2.45) is 5.73 Å². The van der Waals surface area contributed by atoms with E-state index >= 15 is 0 Å². The van der Waals surface area contributed by atoms with Crippen molar-refractivity contribution in [3.63, 3.8) is 0 Å². The number of aromatic nitrogens is 1. The summed E-state index contributed by atoms with van der Waals surface area (Å²) in [5.41, 5.74) is 9.84. The molecule has 0 fully saturated rings. The molecule has 0 bridgehead atoms. The van der Waals surface area contributed by atoms with Crippen LogP contribution in [0.4, 0.5) is 0 Å². The van der Waals surface area contributed by atoms with Gasteiger partial charge in [0.2, 0.25) is 5.75 Å². The van der Waals surface area contributed by atoms with Gasteiger partial charge in [-0.15, -0.1) is 0 Å². The van der Waals surface area contributed by atoms with E-state index in [0.717, 1.165) is 23.9 Å². The number of hydrogen-bond donors (Lipinski definition) is 2. The summed E-state index contributed by atoms with van der Waals surface area (Å²) in [6, 6.07) is 12.2. The summed E-state index contributed by atoms with van der Waals surface area (Å²) in [4.78, 5) is 3.30. The lowest BCUT2D eigenvalue weighted by molar-refractivity contribution is 0.323. The first-order chi connectivity index (χ1) is 12.2. The zero-order chi connectivity index (χ0) is 17.8. The van der Waals surface area contributed by atoms with Crippen molar-refractivity contribution in [2.75, 3.05) is 21.3 Å². The van der Waals surface area contributed by atoms with Crippen molar-refractivity contribution in [1.82, 2.24) is 4.98 Å².